The Labute approximate surface area is 129 Å². The van der Waals surface area contributed by atoms with E-state index in [0.717, 1.165) is 0 Å². The van der Waals surface area contributed by atoms with E-state index in [1.54, 1.807) is 6.07 Å². The fourth-order valence-electron chi connectivity index (χ4n) is 1.86. The molecule has 0 saturated heterocycles. The maximum Gasteiger partial charge on any atom is 0.240 e. The molecule has 1 heterocycles. The van der Waals surface area contributed by atoms with Gasteiger partial charge in [0.1, 0.15) is 11.5 Å². The molecule has 0 fully saturated rings. The molecule has 1 unspecified atom stereocenters. The Morgan fingerprint density at radius 1 is 1.33 bits per heavy atom. The number of rotatable bonds is 5. The van der Waals surface area contributed by atoms with Crippen LogP contribution in [0.25, 0.3) is 0 Å². The number of hydrazine groups is 1. The first kappa shape index (κ1) is 15.6. The molecular weight excluding hydrogens is 343 g/mol. The monoisotopic (exact) mass is 356 g/mol. The summed E-state index contributed by atoms with van der Waals surface area (Å²) in [5, 5.41) is 0. The molecule has 6 nitrogen and oxygen atoms in total. The normalized spacial score (nSPS) is 12.0. The summed E-state index contributed by atoms with van der Waals surface area (Å²) in [5.41, 5.74) is 3.60. The minimum Gasteiger partial charge on any atom is -0.480 e. The number of ether oxygens (including phenoxy) is 2. The Kier molecular flexibility index (Phi) is 5.05. The SMILES string of the molecule is COc1cnc(C(NN)c2cc(F)ccc2Br)c(OC)n1. The van der Waals surface area contributed by atoms with E-state index < -0.39 is 6.04 Å². The van der Waals surface area contributed by atoms with Gasteiger partial charge in [0.2, 0.25) is 11.8 Å². The molecular formula is C13H14BrFN4O2. The summed E-state index contributed by atoms with van der Waals surface area (Å²) in [7, 11) is 2.94. The van der Waals surface area contributed by atoms with E-state index >= 15 is 0 Å². The summed E-state index contributed by atoms with van der Waals surface area (Å²) >= 11 is 3.37. The summed E-state index contributed by atoms with van der Waals surface area (Å²) in [6.45, 7) is 0. The molecule has 0 radical (unpaired) electrons. The number of halogens is 2. The summed E-state index contributed by atoms with van der Waals surface area (Å²) in [4.78, 5) is 8.38. The van der Waals surface area contributed by atoms with Crippen LogP contribution in [-0.4, -0.2) is 24.2 Å². The van der Waals surface area contributed by atoms with Crippen LogP contribution in [0.3, 0.4) is 0 Å². The van der Waals surface area contributed by atoms with Crippen molar-refractivity contribution in [3.8, 4) is 11.8 Å². The standard InChI is InChI=1S/C13H14BrFN4O2/c1-20-10-6-17-12(13(18-10)21-2)11(19-16)8-5-7(15)3-4-9(8)14/h3-6,11,19H,16H2,1-2H3. The maximum atomic E-state index is 13.5. The summed E-state index contributed by atoms with van der Waals surface area (Å²) in [6, 6.07) is 3.71. The van der Waals surface area contributed by atoms with Crippen LogP contribution in [0.4, 0.5) is 4.39 Å². The molecule has 0 aliphatic heterocycles. The predicted octanol–water partition coefficient (Wildman–Crippen LogP) is 1.95. The lowest BCUT2D eigenvalue weighted by atomic mass is 10.0. The molecule has 0 aliphatic rings. The predicted molar refractivity (Wildman–Crippen MR) is 78.4 cm³/mol. The van der Waals surface area contributed by atoms with Crippen molar-refractivity contribution in [2.24, 2.45) is 5.84 Å². The number of nitrogens with zero attached hydrogens (tertiary/aromatic N) is 2. The van der Waals surface area contributed by atoms with Gasteiger partial charge in [-0.2, -0.15) is 4.98 Å². The Morgan fingerprint density at radius 3 is 2.71 bits per heavy atom. The van der Waals surface area contributed by atoms with Gasteiger partial charge in [-0.05, 0) is 23.8 Å². The third-order valence-corrected chi connectivity index (χ3v) is 3.58. The minimum absolute atomic E-state index is 0.244. The molecule has 1 aromatic heterocycles. The highest BCUT2D eigenvalue weighted by molar-refractivity contribution is 9.10. The van der Waals surface area contributed by atoms with Gasteiger partial charge in [0.05, 0.1) is 26.5 Å². The average Bonchev–Trinajstić information content (AvgIpc) is 2.51. The van der Waals surface area contributed by atoms with Crippen molar-refractivity contribution in [3.63, 3.8) is 0 Å². The van der Waals surface area contributed by atoms with Gasteiger partial charge in [0, 0.05) is 4.47 Å². The zero-order chi connectivity index (χ0) is 15.4. The van der Waals surface area contributed by atoms with E-state index in [4.69, 9.17) is 15.3 Å². The fourth-order valence-corrected chi connectivity index (χ4v) is 2.34. The first-order chi connectivity index (χ1) is 10.1. The summed E-state index contributed by atoms with van der Waals surface area (Å²) in [5.74, 6) is 5.78. The van der Waals surface area contributed by atoms with Gasteiger partial charge in [0.25, 0.3) is 0 Å². The Bertz CT molecular complexity index is 642. The number of nitrogens with one attached hydrogen (secondary N) is 1. The first-order valence-corrected chi connectivity index (χ1v) is 6.76. The van der Waals surface area contributed by atoms with Crippen molar-refractivity contribution >= 4 is 15.9 Å². The van der Waals surface area contributed by atoms with Crippen molar-refractivity contribution in [2.75, 3.05) is 14.2 Å². The van der Waals surface area contributed by atoms with Crippen LogP contribution in [-0.2, 0) is 0 Å². The molecule has 112 valence electrons. The molecule has 0 amide bonds. The number of hydrogen-bond acceptors (Lipinski definition) is 6. The van der Waals surface area contributed by atoms with Gasteiger partial charge in [-0.15, -0.1) is 0 Å². The van der Waals surface area contributed by atoms with Gasteiger partial charge >= 0.3 is 0 Å². The molecule has 0 bridgehead atoms. The van der Waals surface area contributed by atoms with Crippen LogP contribution in [0.1, 0.15) is 17.3 Å². The van der Waals surface area contributed by atoms with Crippen molar-refractivity contribution < 1.29 is 13.9 Å². The van der Waals surface area contributed by atoms with Crippen LogP contribution < -0.4 is 20.7 Å². The van der Waals surface area contributed by atoms with Gasteiger partial charge in [-0.3, -0.25) is 5.84 Å². The Hall–Kier alpha value is -1.77. The lowest BCUT2D eigenvalue weighted by molar-refractivity contribution is 0.352. The Balaban J connectivity index is 2.53. The molecule has 8 heteroatoms. The topological polar surface area (TPSA) is 82.3 Å². The van der Waals surface area contributed by atoms with E-state index in [1.165, 1.54) is 32.5 Å². The highest BCUT2D eigenvalue weighted by atomic mass is 79.9. The van der Waals surface area contributed by atoms with Crippen LogP contribution in [0.2, 0.25) is 0 Å². The highest BCUT2D eigenvalue weighted by Crippen LogP contribution is 2.32. The quantitative estimate of drug-likeness (QED) is 0.629. The van der Waals surface area contributed by atoms with Gasteiger partial charge in [-0.1, -0.05) is 15.9 Å². The molecule has 1 atom stereocenters. The molecule has 0 saturated carbocycles. The summed E-state index contributed by atoms with van der Waals surface area (Å²) < 4.78 is 24.4. The van der Waals surface area contributed by atoms with E-state index in [-0.39, 0.29) is 11.7 Å². The van der Waals surface area contributed by atoms with Crippen molar-refractivity contribution in [1.29, 1.82) is 0 Å². The molecule has 2 aromatic rings. The molecule has 1 aromatic carbocycles. The van der Waals surface area contributed by atoms with E-state index in [2.05, 4.69) is 31.3 Å². The number of hydrogen-bond donors (Lipinski definition) is 2. The first-order valence-electron chi connectivity index (χ1n) is 5.96. The zero-order valence-corrected chi connectivity index (χ0v) is 13.0. The van der Waals surface area contributed by atoms with E-state index in [0.29, 0.717) is 21.6 Å². The lowest BCUT2D eigenvalue weighted by Gasteiger charge is -2.19. The van der Waals surface area contributed by atoms with Gasteiger partial charge in [0.15, 0.2) is 0 Å². The smallest absolute Gasteiger partial charge is 0.240 e. The molecule has 2 rings (SSSR count). The number of benzene rings is 1. The molecule has 21 heavy (non-hydrogen) atoms. The van der Waals surface area contributed by atoms with E-state index in [1.807, 2.05) is 0 Å². The van der Waals surface area contributed by atoms with Crippen LogP contribution in [0, 0.1) is 5.82 Å². The van der Waals surface area contributed by atoms with Crippen molar-refractivity contribution in [2.45, 2.75) is 6.04 Å². The van der Waals surface area contributed by atoms with Crippen molar-refractivity contribution in [1.82, 2.24) is 15.4 Å². The van der Waals surface area contributed by atoms with Crippen LogP contribution >= 0.6 is 15.9 Å². The maximum absolute atomic E-state index is 13.5. The van der Waals surface area contributed by atoms with Crippen LogP contribution in [0.15, 0.2) is 28.9 Å². The third-order valence-electron chi connectivity index (χ3n) is 2.86. The second-order valence-electron chi connectivity index (χ2n) is 4.07. The molecule has 0 spiro atoms. The van der Waals surface area contributed by atoms with E-state index in [9.17, 15) is 4.39 Å². The largest absolute Gasteiger partial charge is 0.480 e. The minimum atomic E-state index is -0.594. The third kappa shape index (κ3) is 3.29. The number of aromatic nitrogens is 2. The van der Waals surface area contributed by atoms with Gasteiger partial charge < -0.3 is 9.47 Å². The van der Waals surface area contributed by atoms with Crippen molar-refractivity contribution in [3.05, 3.63) is 45.9 Å². The fraction of sp³-hybridized carbons (Fsp3) is 0.231. The second-order valence-corrected chi connectivity index (χ2v) is 4.93. The van der Waals surface area contributed by atoms with Gasteiger partial charge in [-0.25, -0.2) is 14.8 Å². The molecule has 0 aliphatic carbocycles. The molecule has 3 N–H and O–H groups in total. The zero-order valence-electron chi connectivity index (χ0n) is 11.4. The second kappa shape index (κ2) is 6.79. The Morgan fingerprint density at radius 2 is 2.10 bits per heavy atom. The highest BCUT2D eigenvalue weighted by Gasteiger charge is 2.23. The number of methoxy groups -OCH3 is 2. The lowest BCUT2D eigenvalue weighted by Crippen LogP contribution is -2.30. The number of nitrogens with two attached hydrogens (primary N) is 1. The van der Waals surface area contributed by atoms with Crippen LogP contribution in [0.5, 0.6) is 11.8 Å². The summed E-state index contributed by atoms with van der Waals surface area (Å²) in [6.07, 6.45) is 1.44. The average molecular weight is 357 g/mol.